The molecule has 1 saturated heterocycles. The van der Waals surface area contributed by atoms with Gasteiger partial charge in [-0.25, -0.2) is 9.59 Å². The molecule has 1 aliphatic rings. The van der Waals surface area contributed by atoms with Gasteiger partial charge in [0.2, 0.25) is 0 Å². The summed E-state index contributed by atoms with van der Waals surface area (Å²) in [6.07, 6.45) is 0. The van der Waals surface area contributed by atoms with Crippen LogP contribution in [0, 0.1) is 0 Å². The summed E-state index contributed by atoms with van der Waals surface area (Å²) >= 11 is 13.2. The van der Waals surface area contributed by atoms with Crippen molar-refractivity contribution in [2.75, 3.05) is 11.1 Å². The Morgan fingerprint density at radius 1 is 1.45 bits per heavy atom. The molecule has 0 radical (unpaired) electrons. The van der Waals surface area contributed by atoms with Crippen LogP contribution in [0.2, 0.25) is 10.0 Å². The molecule has 108 valence electrons. The lowest BCUT2D eigenvalue weighted by molar-refractivity contribution is -0.141. The molecule has 1 heterocycles. The fourth-order valence-corrected chi connectivity index (χ4v) is 3.53. The molecule has 2 amide bonds. The van der Waals surface area contributed by atoms with Gasteiger partial charge in [0.1, 0.15) is 6.04 Å². The molecule has 0 saturated carbocycles. The van der Waals surface area contributed by atoms with Crippen LogP contribution in [0.25, 0.3) is 0 Å². The lowest BCUT2D eigenvalue weighted by Gasteiger charge is -2.25. The molecule has 0 aliphatic carbocycles. The maximum atomic E-state index is 12.2. The van der Waals surface area contributed by atoms with Crippen molar-refractivity contribution in [2.45, 2.75) is 18.3 Å². The lowest BCUT2D eigenvalue weighted by Crippen LogP contribution is -2.46. The normalized spacial score (nSPS) is 21.9. The summed E-state index contributed by atoms with van der Waals surface area (Å²) in [5.41, 5.74) is 0.398. The predicted molar refractivity (Wildman–Crippen MR) is 80.7 cm³/mol. The smallest absolute Gasteiger partial charge is 0.327 e. The molecule has 1 aromatic carbocycles. The van der Waals surface area contributed by atoms with Crippen molar-refractivity contribution in [2.24, 2.45) is 0 Å². The van der Waals surface area contributed by atoms with Crippen LogP contribution in [-0.2, 0) is 4.79 Å². The molecule has 2 N–H and O–H groups in total. The Balaban J connectivity index is 2.16. The van der Waals surface area contributed by atoms with Crippen molar-refractivity contribution in [3.63, 3.8) is 0 Å². The van der Waals surface area contributed by atoms with E-state index < -0.39 is 18.0 Å². The number of hydrogen-bond donors (Lipinski definition) is 2. The number of rotatable bonds is 2. The van der Waals surface area contributed by atoms with E-state index in [0.29, 0.717) is 21.5 Å². The maximum absolute atomic E-state index is 12.2. The fraction of sp³-hybridized carbons (Fsp3) is 0.333. The summed E-state index contributed by atoms with van der Waals surface area (Å²) in [5.74, 6) is -0.641. The van der Waals surface area contributed by atoms with Crippen molar-refractivity contribution in [1.29, 1.82) is 0 Å². The highest BCUT2D eigenvalue weighted by atomic mass is 35.5. The van der Waals surface area contributed by atoms with Crippen LogP contribution in [0.4, 0.5) is 10.5 Å². The van der Waals surface area contributed by atoms with Gasteiger partial charge in [0.05, 0.1) is 16.1 Å². The second-order valence-electron chi connectivity index (χ2n) is 4.25. The average molecular weight is 335 g/mol. The number of aliphatic carboxylic acids is 1. The minimum absolute atomic E-state index is 0.206. The number of hydrogen-bond acceptors (Lipinski definition) is 3. The topological polar surface area (TPSA) is 69.6 Å². The molecule has 1 aliphatic heterocycles. The summed E-state index contributed by atoms with van der Waals surface area (Å²) in [5, 5.41) is 12.3. The second-order valence-corrected chi connectivity index (χ2v) is 6.44. The van der Waals surface area contributed by atoms with Crippen LogP contribution >= 0.6 is 35.0 Å². The van der Waals surface area contributed by atoms with E-state index in [4.69, 9.17) is 28.3 Å². The third kappa shape index (κ3) is 3.13. The Morgan fingerprint density at radius 2 is 2.15 bits per heavy atom. The van der Waals surface area contributed by atoms with Gasteiger partial charge < -0.3 is 10.4 Å². The molecule has 1 aromatic rings. The van der Waals surface area contributed by atoms with Gasteiger partial charge in [-0.3, -0.25) is 4.90 Å². The minimum atomic E-state index is -1.01. The van der Waals surface area contributed by atoms with Gasteiger partial charge in [-0.2, -0.15) is 0 Å². The molecule has 0 bridgehead atoms. The molecule has 5 nitrogen and oxygen atoms in total. The van der Waals surface area contributed by atoms with E-state index in [1.165, 1.54) is 22.7 Å². The number of nitrogens with one attached hydrogen (secondary N) is 1. The Kier molecular flexibility index (Phi) is 4.67. The highest BCUT2D eigenvalue weighted by Gasteiger charge is 2.39. The summed E-state index contributed by atoms with van der Waals surface area (Å²) in [7, 11) is 0. The first-order valence-corrected chi connectivity index (χ1v) is 7.59. The Morgan fingerprint density at radius 3 is 2.75 bits per heavy atom. The van der Waals surface area contributed by atoms with Crippen LogP contribution in [0.3, 0.4) is 0 Å². The minimum Gasteiger partial charge on any atom is -0.480 e. The molecule has 8 heteroatoms. The quantitative estimate of drug-likeness (QED) is 0.869. The van der Waals surface area contributed by atoms with E-state index in [1.54, 1.807) is 19.1 Å². The molecule has 20 heavy (non-hydrogen) atoms. The SMILES string of the molecule is CC1SCC(C(=O)O)N1C(=O)Nc1ccc(Cl)cc1Cl. The van der Waals surface area contributed by atoms with Crippen molar-refractivity contribution in [1.82, 2.24) is 4.90 Å². The van der Waals surface area contributed by atoms with E-state index in [2.05, 4.69) is 5.32 Å². The van der Waals surface area contributed by atoms with Crippen LogP contribution in [0.1, 0.15) is 6.92 Å². The third-order valence-corrected chi connectivity index (χ3v) is 4.68. The van der Waals surface area contributed by atoms with Crippen LogP contribution in [0.15, 0.2) is 18.2 Å². The molecule has 2 rings (SSSR count). The van der Waals surface area contributed by atoms with E-state index in [-0.39, 0.29) is 5.37 Å². The highest BCUT2D eigenvalue weighted by Crippen LogP contribution is 2.31. The predicted octanol–water partition coefficient (Wildman–Crippen LogP) is 3.37. The number of benzene rings is 1. The summed E-state index contributed by atoms with van der Waals surface area (Å²) < 4.78 is 0. The number of halogens is 2. The number of anilines is 1. The molecule has 2 atom stereocenters. The zero-order chi connectivity index (χ0) is 14.9. The standard InChI is InChI=1S/C12H12Cl2N2O3S/c1-6-16(10(5-20-6)11(17)18)12(19)15-9-3-2-7(13)4-8(9)14/h2-4,6,10H,5H2,1H3,(H,15,19)(H,17,18). The Labute approximate surface area is 130 Å². The van der Waals surface area contributed by atoms with Gasteiger partial charge in [0.25, 0.3) is 0 Å². The van der Waals surface area contributed by atoms with Crippen molar-refractivity contribution < 1.29 is 14.7 Å². The van der Waals surface area contributed by atoms with Crippen LogP contribution < -0.4 is 5.32 Å². The Bertz CT molecular complexity index is 556. The molecule has 0 spiro atoms. The monoisotopic (exact) mass is 334 g/mol. The molecule has 2 unspecified atom stereocenters. The third-order valence-electron chi connectivity index (χ3n) is 2.92. The van der Waals surface area contributed by atoms with Crippen molar-refractivity contribution >= 4 is 52.7 Å². The van der Waals surface area contributed by atoms with Gasteiger partial charge in [0, 0.05) is 10.8 Å². The average Bonchev–Trinajstić information content (AvgIpc) is 2.75. The van der Waals surface area contributed by atoms with Gasteiger partial charge in [0.15, 0.2) is 0 Å². The van der Waals surface area contributed by atoms with Crippen molar-refractivity contribution in [3.05, 3.63) is 28.2 Å². The number of carbonyl (C=O) groups is 2. The first-order valence-electron chi connectivity index (χ1n) is 5.79. The first kappa shape index (κ1) is 15.3. The zero-order valence-corrected chi connectivity index (χ0v) is 12.8. The summed E-state index contributed by atoms with van der Waals surface area (Å²) in [6.45, 7) is 1.79. The number of urea groups is 1. The van der Waals surface area contributed by atoms with Gasteiger partial charge >= 0.3 is 12.0 Å². The first-order chi connectivity index (χ1) is 9.40. The molecular weight excluding hydrogens is 323 g/mol. The zero-order valence-electron chi connectivity index (χ0n) is 10.5. The van der Waals surface area contributed by atoms with E-state index in [1.807, 2.05) is 0 Å². The van der Waals surface area contributed by atoms with Crippen LogP contribution in [0.5, 0.6) is 0 Å². The number of carbonyl (C=O) groups excluding carboxylic acids is 1. The highest BCUT2D eigenvalue weighted by molar-refractivity contribution is 8.00. The molecule has 1 fully saturated rings. The number of nitrogens with zero attached hydrogens (tertiary/aromatic N) is 1. The molecule has 0 aromatic heterocycles. The number of amides is 2. The fourth-order valence-electron chi connectivity index (χ4n) is 1.91. The van der Waals surface area contributed by atoms with Gasteiger partial charge in [-0.15, -0.1) is 11.8 Å². The molecular formula is C12H12Cl2N2O3S. The second kappa shape index (κ2) is 6.11. The van der Waals surface area contributed by atoms with E-state index >= 15 is 0 Å². The Hall–Kier alpha value is -1.11. The van der Waals surface area contributed by atoms with E-state index in [0.717, 1.165) is 0 Å². The number of thioether (sulfide) groups is 1. The van der Waals surface area contributed by atoms with Crippen LogP contribution in [-0.4, -0.2) is 39.2 Å². The van der Waals surface area contributed by atoms with Crippen molar-refractivity contribution in [3.8, 4) is 0 Å². The van der Waals surface area contributed by atoms with E-state index in [9.17, 15) is 9.59 Å². The van der Waals surface area contributed by atoms with Gasteiger partial charge in [-0.1, -0.05) is 23.2 Å². The van der Waals surface area contributed by atoms with Gasteiger partial charge in [-0.05, 0) is 25.1 Å². The maximum Gasteiger partial charge on any atom is 0.327 e. The number of carboxylic acid groups (broad SMARTS) is 1. The largest absolute Gasteiger partial charge is 0.480 e. The summed E-state index contributed by atoms with van der Waals surface area (Å²) in [4.78, 5) is 24.7. The lowest BCUT2D eigenvalue weighted by atomic mass is 10.3. The number of carboxylic acids is 1. The summed E-state index contributed by atoms with van der Waals surface area (Å²) in [6, 6.07) is 3.36.